The Hall–Kier alpha value is -4.39. The molecule has 1 amide bonds. The van der Waals surface area contributed by atoms with E-state index in [-0.39, 0.29) is 17.9 Å². The van der Waals surface area contributed by atoms with E-state index in [1.165, 1.54) is 4.90 Å². The number of amides is 1. The number of hydrogen-bond donors (Lipinski definition) is 1. The third kappa shape index (κ3) is 5.00. The van der Waals surface area contributed by atoms with Crippen LogP contribution in [-0.4, -0.2) is 39.9 Å². The normalized spacial score (nSPS) is 16.7. The van der Waals surface area contributed by atoms with Gasteiger partial charge in [0.2, 0.25) is 0 Å². The number of aromatic nitrogens is 1. The number of aliphatic hydroxyl groups is 1. The molecular formula is C29H28N2O5. The monoisotopic (exact) mass is 484 g/mol. The summed E-state index contributed by atoms with van der Waals surface area (Å²) in [7, 11) is 0. The molecule has 1 atom stereocenters. The van der Waals surface area contributed by atoms with Crippen LogP contribution in [0.4, 0.5) is 0 Å². The number of benzene rings is 2. The van der Waals surface area contributed by atoms with E-state index in [0.717, 1.165) is 11.1 Å². The number of ether oxygens (including phenoxy) is 2. The van der Waals surface area contributed by atoms with Gasteiger partial charge in [-0.25, -0.2) is 0 Å². The van der Waals surface area contributed by atoms with Crippen LogP contribution >= 0.6 is 0 Å². The molecule has 1 fully saturated rings. The molecule has 1 saturated heterocycles. The van der Waals surface area contributed by atoms with Crippen molar-refractivity contribution in [3.63, 3.8) is 0 Å². The SMILES string of the molecule is C=CCOc1ccc(C2/C(=C(\O)c3ccc(OCC)cc3C)C(=O)C(=O)N2Cc2cccnc2)cc1. The van der Waals surface area contributed by atoms with Crippen LogP contribution in [0.15, 0.2) is 85.2 Å². The Morgan fingerprint density at radius 2 is 1.86 bits per heavy atom. The highest BCUT2D eigenvalue weighted by molar-refractivity contribution is 6.46. The number of Topliss-reactive ketones (excluding diaryl/α,β-unsaturated/α-hetero) is 1. The van der Waals surface area contributed by atoms with E-state index in [4.69, 9.17) is 9.47 Å². The number of carbonyl (C=O) groups is 2. The lowest BCUT2D eigenvalue weighted by Crippen LogP contribution is -2.29. The van der Waals surface area contributed by atoms with Gasteiger partial charge in [-0.1, -0.05) is 30.9 Å². The highest BCUT2D eigenvalue weighted by Gasteiger charge is 2.46. The Bertz CT molecular complexity index is 1300. The lowest BCUT2D eigenvalue weighted by molar-refractivity contribution is -0.140. The lowest BCUT2D eigenvalue weighted by Gasteiger charge is -2.25. The molecule has 1 aliphatic heterocycles. The predicted molar refractivity (Wildman–Crippen MR) is 137 cm³/mol. The van der Waals surface area contributed by atoms with Gasteiger partial charge >= 0.3 is 0 Å². The van der Waals surface area contributed by atoms with E-state index in [1.807, 2.05) is 19.9 Å². The van der Waals surface area contributed by atoms with Crippen molar-refractivity contribution >= 4 is 17.4 Å². The zero-order valence-electron chi connectivity index (χ0n) is 20.3. The van der Waals surface area contributed by atoms with Crippen LogP contribution in [0.3, 0.4) is 0 Å². The average molecular weight is 485 g/mol. The highest BCUT2D eigenvalue weighted by Crippen LogP contribution is 2.41. The molecule has 3 aromatic rings. The molecule has 4 rings (SSSR count). The Kier molecular flexibility index (Phi) is 7.49. The van der Waals surface area contributed by atoms with Gasteiger partial charge in [-0.3, -0.25) is 14.6 Å². The molecule has 0 spiro atoms. The number of nitrogens with zero attached hydrogens (tertiary/aromatic N) is 2. The van der Waals surface area contributed by atoms with Crippen molar-refractivity contribution in [3.05, 3.63) is 107 Å². The summed E-state index contributed by atoms with van der Waals surface area (Å²) in [5, 5.41) is 11.4. The summed E-state index contributed by atoms with van der Waals surface area (Å²) in [6.45, 7) is 8.39. The molecule has 7 heteroatoms. The maximum atomic E-state index is 13.3. The van der Waals surface area contributed by atoms with Crippen LogP contribution in [0.5, 0.6) is 11.5 Å². The first-order chi connectivity index (χ1) is 17.4. The predicted octanol–water partition coefficient (Wildman–Crippen LogP) is 4.98. The van der Waals surface area contributed by atoms with Crippen molar-refractivity contribution < 1.29 is 24.2 Å². The second kappa shape index (κ2) is 10.9. The number of carbonyl (C=O) groups excluding carboxylic acids is 2. The minimum Gasteiger partial charge on any atom is -0.507 e. The molecule has 1 aromatic heterocycles. The van der Waals surface area contributed by atoms with E-state index in [0.29, 0.717) is 35.8 Å². The van der Waals surface area contributed by atoms with Gasteiger partial charge in [0.25, 0.3) is 11.7 Å². The summed E-state index contributed by atoms with van der Waals surface area (Å²) in [6, 6.07) is 15.2. The number of aryl methyl sites for hydroxylation is 1. The minimum absolute atomic E-state index is 0.0379. The van der Waals surface area contributed by atoms with Crippen molar-refractivity contribution in [2.24, 2.45) is 0 Å². The molecule has 1 N–H and O–H groups in total. The van der Waals surface area contributed by atoms with Crippen molar-refractivity contribution in [2.75, 3.05) is 13.2 Å². The van der Waals surface area contributed by atoms with Crippen LogP contribution in [0.2, 0.25) is 0 Å². The van der Waals surface area contributed by atoms with E-state index < -0.39 is 17.7 Å². The fourth-order valence-electron chi connectivity index (χ4n) is 4.28. The van der Waals surface area contributed by atoms with Crippen LogP contribution in [0.1, 0.15) is 35.2 Å². The Morgan fingerprint density at radius 3 is 2.50 bits per heavy atom. The van der Waals surface area contributed by atoms with Gasteiger partial charge in [-0.05, 0) is 66.9 Å². The van der Waals surface area contributed by atoms with Gasteiger partial charge in [0.15, 0.2) is 0 Å². The molecule has 2 heterocycles. The molecule has 184 valence electrons. The first-order valence-corrected chi connectivity index (χ1v) is 11.7. The number of aliphatic hydroxyl groups excluding tert-OH is 1. The maximum Gasteiger partial charge on any atom is 0.295 e. The van der Waals surface area contributed by atoms with Crippen LogP contribution in [0, 0.1) is 6.92 Å². The van der Waals surface area contributed by atoms with Gasteiger partial charge < -0.3 is 19.5 Å². The van der Waals surface area contributed by atoms with Crippen molar-refractivity contribution in [1.82, 2.24) is 9.88 Å². The first-order valence-electron chi connectivity index (χ1n) is 11.7. The maximum absolute atomic E-state index is 13.3. The van der Waals surface area contributed by atoms with Gasteiger partial charge in [0.05, 0.1) is 18.2 Å². The summed E-state index contributed by atoms with van der Waals surface area (Å²) in [6.07, 6.45) is 4.95. The van der Waals surface area contributed by atoms with E-state index in [2.05, 4.69) is 11.6 Å². The molecule has 0 saturated carbocycles. The second-order valence-corrected chi connectivity index (χ2v) is 8.37. The summed E-state index contributed by atoms with van der Waals surface area (Å²) < 4.78 is 11.1. The molecule has 2 aromatic carbocycles. The third-order valence-electron chi connectivity index (χ3n) is 5.94. The fraction of sp³-hybridized carbons (Fsp3) is 0.207. The van der Waals surface area contributed by atoms with Crippen LogP contribution in [0.25, 0.3) is 5.76 Å². The van der Waals surface area contributed by atoms with Crippen molar-refractivity contribution in [1.29, 1.82) is 0 Å². The van der Waals surface area contributed by atoms with E-state index >= 15 is 0 Å². The Balaban J connectivity index is 1.81. The first kappa shape index (κ1) is 24.7. The van der Waals surface area contributed by atoms with Crippen molar-refractivity contribution in [2.45, 2.75) is 26.4 Å². The van der Waals surface area contributed by atoms with Gasteiger partial charge in [-0.2, -0.15) is 0 Å². The molecule has 7 nitrogen and oxygen atoms in total. The summed E-state index contributed by atoms with van der Waals surface area (Å²) in [5.74, 6) is -0.345. The second-order valence-electron chi connectivity index (χ2n) is 8.37. The number of likely N-dealkylation sites (tertiary alicyclic amines) is 1. The molecule has 0 bridgehead atoms. The topological polar surface area (TPSA) is 89.0 Å². The Labute approximate surface area is 210 Å². The highest BCUT2D eigenvalue weighted by atomic mass is 16.5. The number of hydrogen-bond acceptors (Lipinski definition) is 6. The molecule has 0 radical (unpaired) electrons. The molecule has 36 heavy (non-hydrogen) atoms. The molecule has 1 unspecified atom stereocenters. The standard InChI is InChI=1S/C29H28N2O5/c1-4-15-36-22-10-8-21(9-11-22)26-25(27(32)24-13-12-23(35-5-2)16-19(24)3)28(33)29(34)31(26)18-20-7-6-14-30-17-20/h4,6-14,16-17,26,32H,1,5,15,18H2,2-3H3/b27-25+. The summed E-state index contributed by atoms with van der Waals surface area (Å²) in [4.78, 5) is 32.1. The summed E-state index contributed by atoms with van der Waals surface area (Å²) >= 11 is 0. The number of pyridine rings is 1. The Morgan fingerprint density at radius 1 is 1.11 bits per heavy atom. The average Bonchev–Trinajstić information content (AvgIpc) is 3.13. The van der Waals surface area contributed by atoms with Crippen LogP contribution < -0.4 is 9.47 Å². The molecule has 1 aliphatic rings. The molecular weight excluding hydrogens is 456 g/mol. The zero-order chi connectivity index (χ0) is 25.7. The lowest BCUT2D eigenvalue weighted by atomic mass is 9.93. The van der Waals surface area contributed by atoms with Crippen LogP contribution in [-0.2, 0) is 16.1 Å². The number of ketones is 1. The van der Waals surface area contributed by atoms with E-state index in [1.54, 1.807) is 67.0 Å². The van der Waals surface area contributed by atoms with Gasteiger partial charge in [0.1, 0.15) is 23.9 Å². The number of rotatable bonds is 9. The smallest absolute Gasteiger partial charge is 0.295 e. The van der Waals surface area contributed by atoms with Gasteiger partial charge in [0, 0.05) is 24.5 Å². The van der Waals surface area contributed by atoms with E-state index in [9.17, 15) is 14.7 Å². The van der Waals surface area contributed by atoms with Gasteiger partial charge in [-0.15, -0.1) is 0 Å². The largest absolute Gasteiger partial charge is 0.507 e. The minimum atomic E-state index is -0.787. The molecule has 0 aliphatic carbocycles. The third-order valence-corrected chi connectivity index (χ3v) is 5.94. The van der Waals surface area contributed by atoms with Crippen molar-refractivity contribution in [3.8, 4) is 11.5 Å². The fourth-order valence-corrected chi connectivity index (χ4v) is 4.28. The quantitative estimate of drug-likeness (QED) is 0.200. The zero-order valence-corrected chi connectivity index (χ0v) is 20.3. The summed E-state index contributed by atoms with van der Waals surface area (Å²) in [5.41, 5.74) is 2.68.